The number of pyridine rings is 1. The van der Waals surface area contributed by atoms with Gasteiger partial charge in [-0.05, 0) is 37.6 Å². The summed E-state index contributed by atoms with van der Waals surface area (Å²) in [6, 6.07) is 6.65. The first-order valence-electron chi connectivity index (χ1n) is 6.18. The number of carbonyl (C=O) groups excluding carboxylic acids is 1. The monoisotopic (exact) mass is 325 g/mol. The number of aryl methyl sites for hydroxylation is 1. The van der Waals surface area contributed by atoms with Gasteiger partial charge in [0.15, 0.2) is 0 Å². The summed E-state index contributed by atoms with van der Waals surface area (Å²) in [7, 11) is -3.65. The number of nitrogens with two attached hydrogens (primary N) is 1. The molecule has 6 nitrogen and oxygen atoms in total. The van der Waals surface area contributed by atoms with E-state index >= 15 is 0 Å². The van der Waals surface area contributed by atoms with Crippen molar-refractivity contribution in [2.24, 2.45) is 5.14 Å². The van der Waals surface area contributed by atoms with E-state index in [9.17, 15) is 13.2 Å². The lowest BCUT2D eigenvalue weighted by molar-refractivity contribution is 0.0954. The average molecular weight is 325 g/mol. The van der Waals surface area contributed by atoms with Gasteiger partial charge in [-0.15, -0.1) is 11.3 Å². The fraction of sp³-hybridized carbons (Fsp3) is 0.231. The van der Waals surface area contributed by atoms with Crippen molar-refractivity contribution < 1.29 is 13.2 Å². The highest BCUT2D eigenvalue weighted by Crippen LogP contribution is 2.20. The van der Waals surface area contributed by atoms with Gasteiger partial charge in [0.05, 0.1) is 5.56 Å². The average Bonchev–Trinajstić information content (AvgIpc) is 2.88. The SMILES string of the molecule is Cc1ccc(C(=O)NCCc2ccc(S(N)(=O)=O)s2)cn1. The molecule has 0 saturated carbocycles. The van der Waals surface area contributed by atoms with Gasteiger partial charge in [-0.25, -0.2) is 13.6 Å². The second kappa shape index (κ2) is 6.33. The van der Waals surface area contributed by atoms with Gasteiger partial charge in [-0.2, -0.15) is 0 Å². The second-order valence-corrected chi connectivity index (χ2v) is 7.42. The number of nitrogens with zero attached hydrogens (tertiary/aromatic N) is 1. The third-order valence-corrected chi connectivity index (χ3v) is 5.33. The van der Waals surface area contributed by atoms with Crippen LogP contribution in [-0.4, -0.2) is 25.9 Å². The first-order valence-corrected chi connectivity index (χ1v) is 8.55. The maximum absolute atomic E-state index is 11.8. The summed E-state index contributed by atoms with van der Waals surface area (Å²) in [5.41, 5.74) is 1.35. The lowest BCUT2D eigenvalue weighted by Crippen LogP contribution is -2.25. The minimum Gasteiger partial charge on any atom is -0.352 e. The van der Waals surface area contributed by atoms with E-state index in [2.05, 4.69) is 10.3 Å². The third-order valence-electron chi connectivity index (χ3n) is 2.75. The van der Waals surface area contributed by atoms with E-state index in [1.165, 1.54) is 12.3 Å². The number of thiophene rings is 1. The van der Waals surface area contributed by atoms with Crippen molar-refractivity contribution in [1.29, 1.82) is 0 Å². The second-order valence-electron chi connectivity index (χ2n) is 4.46. The molecule has 0 radical (unpaired) electrons. The third kappa shape index (κ3) is 4.35. The van der Waals surface area contributed by atoms with E-state index in [1.807, 2.05) is 6.92 Å². The van der Waals surface area contributed by atoms with Crippen LogP contribution in [0.15, 0.2) is 34.7 Å². The highest BCUT2D eigenvalue weighted by Gasteiger charge is 2.11. The Labute approximate surface area is 127 Å². The number of hydrogen-bond donors (Lipinski definition) is 2. The van der Waals surface area contributed by atoms with Crippen molar-refractivity contribution in [3.05, 3.63) is 46.6 Å². The number of carbonyl (C=O) groups is 1. The quantitative estimate of drug-likeness (QED) is 0.858. The van der Waals surface area contributed by atoms with Crippen LogP contribution in [0.2, 0.25) is 0 Å². The van der Waals surface area contributed by atoms with Crippen LogP contribution in [0, 0.1) is 6.92 Å². The molecule has 2 rings (SSSR count). The van der Waals surface area contributed by atoms with Crippen LogP contribution in [0.4, 0.5) is 0 Å². The molecule has 21 heavy (non-hydrogen) atoms. The van der Waals surface area contributed by atoms with Gasteiger partial charge < -0.3 is 5.32 Å². The number of amides is 1. The van der Waals surface area contributed by atoms with Crippen molar-refractivity contribution >= 4 is 27.3 Å². The summed E-state index contributed by atoms with van der Waals surface area (Å²) in [6.07, 6.45) is 2.07. The van der Waals surface area contributed by atoms with E-state index in [0.717, 1.165) is 21.9 Å². The Hall–Kier alpha value is -1.77. The van der Waals surface area contributed by atoms with Gasteiger partial charge >= 0.3 is 0 Å². The molecular weight excluding hydrogens is 310 g/mol. The van der Waals surface area contributed by atoms with Gasteiger partial charge in [0.2, 0.25) is 10.0 Å². The van der Waals surface area contributed by atoms with Crippen LogP contribution in [0.25, 0.3) is 0 Å². The molecule has 1 amide bonds. The predicted molar refractivity (Wildman–Crippen MR) is 80.7 cm³/mol. The number of aromatic nitrogens is 1. The van der Waals surface area contributed by atoms with Crippen LogP contribution >= 0.6 is 11.3 Å². The molecule has 0 aromatic carbocycles. The van der Waals surface area contributed by atoms with E-state index in [0.29, 0.717) is 18.5 Å². The smallest absolute Gasteiger partial charge is 0.252 e. The van der Waals surface area contributed by atoms with Crippen LogP contribution in [0.3, 0.4) is 0 Å². The molecular formula is C13H15N3O3S2. The summed E-state index contributed by atoms with van der Waals surface area (Å²) in [5.74, 6) is -0.203. The molecule has 2 heterocycles. The fourth-order valence-electron chi connectivity index (χ4n) is 1.65. The molecule has 0 bridgehead atoms. The number of sulfonamides is 1. The van der Waals surface area contributed by atoms with Crippen molar-refractivity contribution in [3.8, 4) is 0 Å². The Morgan fingerprint density at radius 1 is 1.33 bits per heavy atom. The molecule has 2 aromatic rings. The van der Waals surface area contributed by atoms with Gasteiger partial charge in [0.1, 0.15) is 4.21 Å². The lowest BCUT2D eigenvalue weighted by atomic mass is 10.2. The largest absolute Gasteiger partial charge is 0.352 e. The van der Waals surface area contributed by atoms with Gasteiger partial charge in [0, 0.05) is 23.3 Å². The molecule has 0 spiro atoms. The maximum atomic E-state index is 11.8. The van der Waals surface area contributed by atoms with Crippen molar-refractivity contribution in [1.82, 2.24) is 10.3 Å². The summed E-state index contributed by atoms with van der Waals surface area (Å²) < 4.78 is 22.4. The molecule has 0 fully saturated rings. The topological polar surface area (TPSA) is 102 Å². The van der Waals surface area contributed by atoms with Crippen LogP contribution in [-0.2, 0) is 16.4 Å². The first-order chi connectivity index (χ1) is 9.86. The Balaban J connectivity index is 1.88. The van der Waals surface area contributed by atoms with Crippen molar-refractivity contribution in [2.45, 2.75) is 17.6 Å². The Bertz CT molecular complexity index is 736. The number of nitrogens with one attached hydrogen (secondary N) is 1. The lowest BCUT2D eigenvalue weighted by Gasteiger charge is -2.04. The number of primary sulfonamides is 1. The number of hydrogen-bond acceptors (Lipinski definition) is 5. The zero-order valence-electron chi connectivity index (χ0n) is 11.4. The molecule has 0 unspecified atom stereocenters. The van der Waals surface area contributed by atoms with E-state index < -0.39 is 10.0 Å². The molecule has 8 heteroatoms. The summed E-state index contributed by atoms with van der Waals surface area (Å²) >= 11 is 1.11. The van der Waals surface area contributed by atoms with Gasteiger partial charge in [0.25, 0.3) is 5.91 Å². The molecule has 0 atom stereocenters. The van der Waals surface area contributed by atoms with Crippen molar-refractivity contribution in [2.75, 3.05) is 6.54 Å². The molecule has 0 saturated heterocycles. The van der Waals surface area contributed by atoms with E-state index in [1.54, 1.807) is 18.2 Å². The molecule has 2 aromatic heterocycles. The predicted octanol–water partition coefficient (Wildman–Crippen LogP) is 1.07. The summed E-state index contributed by atoms with van der Waals surface area (Å²) in [6.45, 7) is 2.26. The minimum absolute atomic E-state index is 0.131. The van der Waals surface area contributed by atoms with E-state index in [-0.39, 0.29) is 10.1 Å². The first kappa shape index (κ1) is 15.6. The Morgan fingerprint density at radius 2 is 2.10 bits per heavy atom. The maximum Gasteiger partial charge on any atom is 0.252 e. The van der Waals surface area contributed by atoms with Gasteiger partial charge in [-0.3, -0.25) is 9.78 Å². The zero-order chi connectivity index (χ0) is 15.5. The molecule has 0 aliphatic rings. The molecule has 112 valence electrons. The van der Waals surface area contributed by atoms with Gasteiger partial charge in [-0.1, -0.05) is 0 Å². The summed E-state index contributed by atoms with van der Waals surface area (Å²) in [5, 5.41) is 7.80. The Kier molecular flexibility index (Phi) is 4.71. The fourth-order valence-corrected chi connectivity index (χ4v) is 3.43. The summed E-state index contributed by atoms with van der Waals surface area (Å²) in [4.78, 5) is 16.8. The standard InChI is InChI=1S/C13H15N3O3S2/c1-9-2-3-10(8-16-9)13(17)15-7-6-11-4-5-12(20-11)21(14,18)19/h2-5,8H,6-7H2,1H3,(H,15,17)(H2,14,18,19). The minimum atomic E-state index is -3.65. The highest BCUT2D eigenvalue weighted by molar-refractivity contribution is 7.91. The zero-order valence-corrected chi connectivity index (χ0v) is 13.0. The van der Waals surface area contributed by atoms with Crippen LogP contribution in [0.5, 0.6) is 0 Å². The van der Waals surface area contributed by atoms with E-state index in [4.69, 9.17) is 5.14 Å². The molecule has 3 N–H and O–H groups in total. The van der Waals surface area contributed by atoms with Crippen molar-refractivity contribution in [3.63, 3.8) is 0 Å². The van der Waals surface area contributed by atoms with Crippen LogP contribution in [0.1, 0.15) is 20.9 Å². The number of rotatable bonds is 5. The highest BCUT2D eigenvalue weighted by atomic mass is 32.2. The van der Waals surface area contributed by atoms with Crippen LogP contribution < -0.4 is 10.5 Å². The molecule has 0 aliphatic carbocycles. The Morgan fingerprint density at radius 3 is 2.67 bits per heavy atom. The molecule has 0 aliphatic heterocycles. The normalized spacial score (nSPS) is 11.3.